The van der Waals surface area contributed by atoms with Gasteiger partial charge in [0.25, 0.3) is 5.91 Å². The number of hydrogen-bond donors (Lipinski definition) is 4. The van der Waals surface area contributed by atoms with Crippen LogP contribution in [-0.4, -0.2) is 72.8 Å². The van der Waals surface area contributed by atoms with Crippen molar-refractivity contribution in [2.75, 3.05) is 32.1 Å². The fraction of sp³-hybridized carbons (Fsp3) is 0.308. The van der Waals surface area contributed by atoms with Gasteiger partial charge in [0.05, 0.1) is 12.7 Å². The molecule has 0 spiro atoms. The SMILES string of the molecule is Cc1cccc(C)c1C(=O)NC[C@@H]1CO[C@H](CCc2ccccc2NC(=O)[C@H](C(c2ccccc2)c2ccccc2)N(C)C(=O)O)CN1. The van der Waals surface area contributed by atoms with Gasteiger partial charge in [-0.05, 0) is 60.6 Å². The van der Waals surface area contributed by atoms with E-state index in [0.717, 1.165) is 44.7 Å². The van der Waals surface area contributed by atoms with Crippen molar-refractivity contribution in [2.45, 2.75) is 50.8 Å². The van der Waals surface area contributed by atoms with Crippen LogP contribution in [0.15, 0.2) is 103 Å². The number of aryl methyl sites for hydroxylation is 3. The molecule has 1 fully saturated rings. The summed E-state index contributed by atoms with van der Waals surface area (Å²) in [6.07, 6.45) is 0.143. The molecule has 3 atom stereocenters. The molecule has 1 saturated heterocycles. The Morgan fingerprint density at radius 2 is 1.48 bits per heavy atom. The molecule has 0 bridgehead atoms. The Labute approximate surface area is 282 Å². The fourth-order valence-electron chi connectivity index (χ4n) is 6.39. The number of nitrogens with one attached hydrogen (secondary N) is 3. The van der Waals surface area contributed by atoms with E-state index in [1.54, 1.807) is 0 Å². The van der Waals surface area contributed by atoms with Gasteiger partial charge in [-0.1, -0.05) is 97.1 Å². The zero-order valence-electron chi connectivity index (χ0n) is 27.7. The lowest BCUT2D eigenvalue weighted by Crippen LogP contribution is -2.51. The fourth-order valence-corrected chi connectivity index (χ4v) is 6.39. The van der Waals surface area contributed by atoms with Gasteiger partial charge in [0, 0.05) is 43.3 Å². The van der Waals surface area contributed by atoms with Crippen LogP contribution in [0.2, 0.25) is 0 Å². The lowest BCUT2D eigenvalue weighted by molar-refractivity contribution is -0.120. The van der Waals surface area contributed by atoms with E-state index < -0.39 is 24.0 Å². The van der Waals surface area contributed by atoms with Crippen LogP contribution in [0, 0.1) is 13.8 Å². The van der Waals surface area contributed by atoms with E-state index in [1.807, 2.05) is 117 Å². The maximum atomic E-state index is 14.1. The lowest BCUT2D eigenvalue weighted by Gasteiger charge is -2.33. The second-order valence-corrected chi connectivity index (χ2v) is 12.4. The topological polar surface area (TPSA) is 120 Å². The largest absolute Gasteiger partial charge is 0.465 e. The average molecular weight is 649 g/mol. The van der Waals surface area contributed by atoms with Crippen molar-refractivity contribution in [3.8, 4) is 0 Å². The molecule has 48 heavy (non-hydrogen) atoms. The standard InChI is InChI=1S/C39H44N4O5/c1-26-13-12-14-27(2)34(26)37(44)41-23-31-25-48-32(24-40-31)22-21-28-15-10-11-20-33(28)42-38(45)36(43(3)39(46)47)35(29-16-6-4-7-17-29)30-18-8-5-9-19-30/h4-20,31-32,35-36,40H,21-25H2,1-3H3,(H,41,44)(H,42,45)(H,46,47)/t31-,32-,36+/m1/s1. The minimum atomic E-state index is -1.19. The highest BCUT2D eigenvalue weighted by Crippen LogP contribution is 2.32. The van der Waals surface area contributed by atoms with Crippen LogP contribution in [0.1, 0.15) is 50.5 Å². The van der Waals surface area contributed by atoms with Crippen molar-refractivity contribution < 1.29 is 24.2 Å². The predicted molar refractivity (Wildman–Crippen MR) is 187 cm³/mol. The number of para-hydroxylation sites is 1. The maximum absolute atomic E-state index is 14.1. The highest BCUT2D eigenvalue weighted by molar-refractivity contribution is 5.98. The van der Waals surface area contributed by atoms with E-state index in [1.165, 1.54) is 7.05 Å². The summed E-state index contributed by atoms with van der Waals surface area (Å²) in [6.45, 7) is 5.46. The molecule has 0 saturated carbocycles. The molecule has 9 heteroatoms. The normalized spacial score (nSPS) is 16.6. The predicted octanol–water partition coefficient (Wildman–Crippen LogP) is 5.77. The first-order valence-corrected chi connectivity index (χ1v) is 16.4. The highest BCUT2D eigenvalue weighted by atomic mass is 16.5. The smallest absolute Gasteiger partial charge is 0.407 e. The molecule has 0 aliphatic carbocycles. The number of rotatable bonds is 12. The first kappa shape index (κ1) is 34.3. The quantitative estimate of drug-likeness (QED) is 0.155. The summed E-state index contributed by atoms with van der Waals surface area (Å²) < 4.78 is 6.17. The summed E-state index contributed by atoms with van der Waals surface area (Å²) in [7, 11) is 1.44. The van der Waals surface area contributed by atoms with Gasteiger partial charge in [-0.25, -0.2) is 4.79 Å². The van der Waals surface area contributed by atoms with E-state index in [9.17, 15) is 19.5 Å². The molecule has 1 aliphatic rings. The molecule has 4 aromatic rings. The molecule has 0 aromatic heterocycles. The number of amides is 3. The molecule has 9 nitrogen and oxygen atoms in total. The number of carboxylic acid groups (broad SMARTS) is 1. The van der Waals surface area contributed by atoms with Gasteiger partial charge in [0.1, 0.15) is 6.04 Å². The molecule has 1 aliphatic heterocycles. The highest BCUT2D eigenvalue weighted by Gasteiger charge is 2.37. The number of likely N-dealkylation sites (N-methyl/N-ethyl adjacent to an activating group) is 1. The Balaban J connectivity index is 1.22. The van der Waals surface area contributed by atoms with E-state index in [4.69, 9.17) is 4.74 Å². The number of morpholine rings is 1. The van der Waals surface area contributed by atoms with Gasteiger partial charge in [-0.2, -0.15) is 0 Å². The van der Waals surface area contributed by atoms with Crippen LogP contribution in [-0.2, 0) is 16.0 Å². The van der Waals surface area contributed by atoms with Crippen molar-refractivity contribution in [3.05, 3.63) is 137 Å². The van der Waals surface area contributed by atoms with Crippen LogP contribution < -0.4 is 16.0 Å². The number of carbonyl (C=O) groups excluding carboxylic acids is 2. The Morgan fingerprint density at radius 1 is 0.875 bits per heavy atom. The summed E-state index contributed by atoms with van der Waals surface area (Å²) in [4.78, 5) is 40.3. The number of hydrogen-bond acceptors (Lipinski definition) is 5. The van der Waals surface area contributed by atoms with Crippen LogP contribution >= 0.6 is 0 Å². The molecule has 3 amide bonds. The van der Waals surface area contributed by atoms with Gasteiger partial charge in [-0.15, -0.1) is 0 Å². The number of ether oxygens (including phenoxy) is 1. The van der Waals surface area contributed by atoms with Gasteiger partial charge in [0.15, 0.2) is 0 Å². The third-order valence-electron chi connectivity index (χ3n) is 9.02. The number of anilines is 1. The molecule has 5 rings (SSSR count). The zero-order chi connectivity index (χ0) is 34.0. The Morgan fingerprint density at radius 3 is 2.06 bits per heavy atom. The third kappa shape index (κ3) is 8.48. The second kappa shape index (κ2) is 16.2. The second-order valence-electron chi connectivity index (χ2n) is 12.4. The van der Waals surface area contributed by atoms with E-state index >= 15 is 0 Å². The third-order valence-corrected chi connectivity index (χ3v) is 9.02. The molecule has 4 aromatic carbocycles. The molecule has 250 valence electrons. The van der Waals surface area contributed by atoms with Gasteiger partial charge >= 0.3 is 6.09 Å². The monoisotopic (exact) mass is 648 g/mol. The Bertz CT molecular complexity index is 1630. The van der Waals surface area contributed by atoms with Crippen LogP contribution in [0.3, 0.4) is 0 Å². The number of nitrogens with zero attached hydrogens (tertiary/aromatic N) is 1. The summed E-state index contributed by atoms with van der Waals surface area (Å²) in [6, 6.07) is 31.5. The van der Waals surface area contributed by atoms with E-state index in [0.29, 0.717) is 31.8 Å². The van der Waals surface area contributed by atoms with Crippen molar-refractivity contribution in [1.29, 1.82) is 0 Å². The molecule has 1 heterocycles. The summed E-state index contributed by atoms with van der Waals surface area (Å²) >= 11 is 0. The summed E-state index contributed by atoms with van der Waals surface area (Å²) in [5.41, 5.74) is 5.88. The van der Waals surface area contributed by atoms with Crippen LogP contribution in [0.4, 0.5) is 10.5 Å². The first-order valence-electron chi connectivity index (χ1n) is 16.4. The van der Waals surface area contributed by atoms with Gasteiger partial charge < -0.3 is 25.8 Å². The number of carbonyl (C=O) groups is 3. The number of benzene rings is 4. The summed E-state index contributed by atoms with van der Waals surface area (Å²) in [5, 5.41) is 19.7. The molecule has 4 N–H and O–H groups in total. The van der Waals surface area contributed by atoms with Gasteiger partial charge in [-0.3, -0.25) is 14.5 Å². The molecular weight excluding hydrogens is 604 g/mol. The van der Waals surface area contributed by atoms with Crippen molar-refractivity contribution >= 4 is 23.6 Å². The maximum Gasteiger partial charge on any atom is 0.407 e. The van der Waals surface area contributed by atoms with Crippen molar-refractivity contribution in [2.24, 2.45) is 0 Å². The molecular formula is C39H44N4O5. The van der Waals surface area contributed by atoms with E-state index in [-0.39, 0.29) is 18.1 Å². The molecule has 0 radical (unpaired) electrons. The van der Waals surface area contributed by atoms with Crippen molar-refractivity contribution in [3.63, 3.8) is 0 Å². The molecule has 0 unspecified atom stereocenters. The Kier molecular flexibility index (Phi) is 11.6. The van der Waals surface area contributed by atoms with Crippen molar-refractivity contribution in [1.82, 2.24) is 15.5 Å². The minimum absolute atomic E-state index is 0.00596. The first-order chi connectivity index (χ1) is 23.2. The minimum Gasteiger partial charge on any atom is -0.465 e. The van der Waals surface area contributed by atoms with E-state index in [2.05, 4.69) is 16.0 Å². The average Bonchev–Trinajstić information content (AvgIpc) is 3.10. The van der Waals surface area contributed by atoms with Gasteiger partial charge in [0.2, 0.25) is 5.91 Å². The lowest BCUT2D eigenvalue weighted by atomic mass is 9.84. The van der Waals surface area contributed by atoms with Crippen LogP contribution in [0.5, 0.6) is 0 Å². The summed E-state index contributed by atoms with van der Waals surface area (Å²) in [5.74, 6) is -1.02. The van der Waals surface area contributed by atoms with Crippen LogP contribution in [0.25, 0.3) is 0 Å². The Hall–Kier alpha value is -4.99. The zero-order valence-corrected chi connectivity index (χ0v) is 27.7.